The number of benzene rings is 3. The molecule has 2 N–H and O–H groups in total. The minimum absolute atomic E-state index is 0.182. The van der Waals surface area contributed by atoms with Crippen LogP contribution in [0.25, 0.3) is 6.08 Å². The Hall–Kier alpha value is -3.51. The van der Waals surface area contributed by atoms with Crippen LogP contribution < -0.4 is 15.4 Å². The van der Waals surface area contributed by atoms with Gasteiger partial charge in [0.15, 0.2) is 5.11 Å². The van der Waals surface area contributed by atoms with Crippen molar-refractivity contribution in [2.75, 3.05) is 11.9 Å². The second-order valence-corrected chi connectivity index (χ2v) is 6.84. The molecule has 0 spiro atoms. The van der Waals surface area contributed by atoms with Crippen LogP contribution in [0.1, 0.15) is 11.1 Å². The molecule has 0 bridgehead atoms. The zero-order valence-electron chi connectivity index (χ0n) is 16.2. The fourth-order valence-electron chi connectivity index (χ4n) is 2.63. The number of ether oxygens (including phenoxy) is 1. The van der Waals surface area contributed by atoms with Gasteiger partial charge in [-0.2, -0.15) is 0 Å². The van der Waals surface area contributed by atoms with Crippen molar-refractivity contribution in [2.45, 2.75) is 6.42 Å². The lowest BCUT2D eigenvalue weighted by molar-refractivity contribution is -0.115. The molecule has 0 aliphatic rings. The monoisotopic (exact) mass is 420 g/mol. The summed E-state index contributed by atoms with van der Waals surface area (Å²) in [6.45, 7) is 0.589. The van der Waals surface area contributed by atoms with Gasteiger partial charge in [0.25, 0.3) is 0 Å². The number of carbonyl (C=O) groups excluding carboxylic acids is 1. The molecule has 0 unspecified atom stereocenters. The predicted octanol–water partition coefficient (Wildman–Crippen LogP) is 4.97. The first-order valence-corrected chi connectivity index (χ1v) is 9.82. The Bertz CT molecular complexity index is 1000. The third-order valence-corrected chi connectivity index (χ3v) is 4.35. The van der Waals surface area contributed by atoms with Gasteiger partial charge < -0.3 is 10.1 Å². The van der Waals surface area contributed by atoms with Gasteiger partial charge in [0.2, 0.25) is 5.91 Å². The summed E-state index contributed by atoms with van der Waals surface area (Å²) < 4.78 is 18.6. The van der Waals surface area contributed by atoms with Gasteiger partial charge in [-0.25, -0.2) is 4.39 Å². The second-order valence-electron chi connectivity index (χ2n) is 6.44. The first-order chi connectivity index (χ1) is 14.6. The maximum absolute atomic E-state index is 12.9. The van der Waals surface area contributed by atoms with Crippen molar-refractivity contribution in [3.63, 3.8) is 0 Å². The molecule has 3 aromatic carbocycles. The highest BCUT2D eigenvalue weighted by Crippen LogP contribution is 2.16. The summed E-state index contributed by atoms with van der Waals surface area (Å²) in [6, 6.07) is 23.3. The van der Waals surface area contributed by atoms with Crippen LogP contribution in [0.2, 0.25) is 0 Å². The van der Waals surface area contributed by atoms with E-state index >= 15 is 0 Å². The van der Waals surface area contributed by atoms with Crippen molar-refractivity contribution in [1.82, 2.24) is 5.32 Å². The van der Waals surface area contributed by atoms with Gasteiger partial charge in [0.05, 0.1) is 6.61 Å². The first-order valence-electron chi connectivity index (χ1n) is 9.41. The maximum atomic E-state index is 12.9. The Morgan fingerprint density at radius 2 is 1.67 bits per heavy atom. The molecule has 4 nitrogen and oxygen atoms in total. The highest BCUT2D eigenvalue weighted by molar-refractivity contribution is 7.80. The Labute approximate surface area is 180 Å². The average Bonchev–Trinajstić information content (AvgIpc) is 2.75. The van der Waals surface area contributed by atoms with Crippen LogP contribution in [0.4, 0.5) is 10.1 Å². The second kappa shape index (κ2) is 10.9. The summed E-state index contributed by atoms with van der Waals surface area (Å²) >= 11 is 5.16. The molecular weight excluding hydrogens is 399 g/mol. The Balaban J connectivity index is 1.42. The Morgan fingerprint density at radius 3 is 2.37 bits per heavy atom. The first kappa shape index (κ1) is 21.2. The number of hydrogen-bond acceptors (Lipinski definition) is 3. The number of nitrogens with one attached hydrogen (secondary N) is 2. The number of halogens is 1. The third-order valence-electron chi connectivity index (χ3n) is 4.15. The zero-order valence-corrected chi connectivity index (χ0v) is 17.0. The van der Waals surface area contributed by atoms with E-state index in [9.17, 15) is 9.18 Å². The molecule has 0 aromatic heterocycles. The van der Waals surface area contributed by atoms with Gasteiger partial charge in [0.1, 0.15) is 11.6 Å². The molecule has 0 aliphatic carbocycles. The maximum Gasteiger partial charge on any atom is 0.250 e. The normalized spacial score (nSPS) is 10.6. The molecule has 152 valence electrons. The van der Waals surface area contributed by atoms with E-state index in [1.54, 1.807) is 18.2 Å². The van der Waals surface area contributed by atoms with Gasteiger partial charge in [-0.3, -0.25) is 10.1 Å². The standard InChI is InChI=1S/C24H21FN2O2S/c25-20-9-6-19(7-10-20)8-15-23(28)27-24(30)26-21-11-13-22(14-12-21)29-17-16-18-4-2-1-3-5-18/h1-15H,16-17H2,(H2,26,27,28,30)/b15-8+. The predicted molar refractivity (Wildman–Crippen MR) is 122 cm³/mol. The SMILES string of the molecule is O=C(/C=C/c1ccc(F)cc1)NC(=S)Nc1ccc(OCCc2ccccc2)cc1. The van der Waals surface area contributed by atoms with Crippen molar-refractivity contribution in [2.24, 2.45) is 0 Å². The highest BCUT2D eigenvalue weighted by atomic mass is 32.1. The molecule has 0 saturated heterocycles. The molecule has 0 aliphatic heterocycles. The fraction of sp³-hybridized carbons (Fsp3) is 0.0833. The van der Waals surface area contributed by atoms with E-state index in [1.807, 2.05) is 42.5 Å². The van der Waals surface area contributed by atoms with E-state index in [1.165, 1.54) is 23.8 Å². The van der Waals surface area contributed by atoms with Gasteiger partial charge >= 0.3 is 0 Å². The molecule has 30 heavy (non-hydrogen) atoms. The van der Waals surface area contributed by atoms with E-state index < -0.39 is 0 Å². The summed E-state index contributed by atoms with van der Waals surface area (Å²) in [5.41, 5.74) is 2.68. The molecule has 3 rings (SSSR count). The topological polar surface area (TPSA) is 50.4 Å². The number of thiocarbonyl (C=S) groups is 1. The highest BCUT2D eigenvalue weighted by Gasteiger charge is 2.03. The van der Waals surface area contributed by atoms with E-state index in [0.717, 1.165) is 17.9 Å². The number of hydrogen-bond donors (Lipinski definition) is 2. The average molecular weight is 421 g/mol. The van der Waals surface area contributed by atoms with Crippen LogP contribution in [0.3, 0.4) is 0 Å². The van der Waals surface area contributed by atoms with Gasteiger partial charge in [0, 0.05) is 18.2 Å². The molecule has 3 aromatic rings. The van der Waals surface area contributed by atoms with E-state index in [0.29, 0.717) is 12.2 Å². The number of anilines is 1. The minimum atomic E-state index is -0.377. The summed E-state index contributed by atoms with van der Waals surface area (Å²) in [6.07, 6.45) is 3.76. The molecule has 0 atom stereocenters. The fourth-order valence-corrected chi connectivity index (χ4v) is 2.85. The summed E-state index contributed by atoms with van der Waals surface area (Å²) in [4.78, 5) is 12.0. The van der Waals surface area contributed by atoms with E-state index in [4.69, 9.17) is 17.0 Å². The zero-order chi connectivity index (χ0) is 21.2. The number of rotatable bonds is 7. The summed E-state index contributed by atoms with van der Waals surface area (Å²) in [5, 5.41) is 5.70. The quantitative estimate of drug-likeness (QED) is 0.418. The van der Waals surface area contributed by atoms with Crippen LogP contribution in [0, 0.1) is 5.82 Å². The Kier molecular flexibility index (Phi) is 7.69. The van der Waals surface area contributed by atoms with Crippen molar-refractivity contribution < 1.29 is 13.9 Å². The lowest BCUT2D eigenvalue weighted by Gasteiger charge is -2.10. The van der Waals surface area contributed by atoms with Crippen LogP contribution in [0.15, 0.2) is 84.9 Å². The third kappa shape index (κ3) is 7.14. The van der Waals surface area contributed by atoms with Crippen LogP contribution in [-0.2, 0) is 11.2 Å². The van der Waals surface area contributed by atoms with Crippen molar-refractivity contribution >= 4 is 35.0 Å². The van der Waals surface area contributed by atoms with Gasteiger partial charge in [-0.1, -0.05) is 42.5 Å². The van der Waals surface area contributed by atoms with Crippen LogP contribution in [0.5, 0.6) is 5.75 Å². The van der Waals surface area contributed by atoms with Crippen molar-refractivity contribution in [3.8, 4) is 5.75 Å². The lowest BCUT2D eigenvalue weighted by atomic mass is 10.2. The molecule has 0 radical (unpaired) electrons. The minimum Gasteiger partial charge on any atom is -0.493 e. The Morgan fingerprint density at radius 1 is 0.967 bits per heavy atom. The van der Waals surface area contributed by atoms with E-state index in [2.05, 4.69) is 22.8 Å². The summed E-state index contributed by atoms with van der Waals surface area (Å²) in [7, 11) is 0. The van der Waals surface area contributed by atoms with Gasteiger partial charge in [-0.05, 0) is 65.8 Å². The largest absolute Gasteiger partial charge is 0.493 e. The molecule has 0 fully saturated rings. The van der Waals surface area contributed by atoms with Gasteiger partial charge in [-0.15, -0.1) is 0 Å². The molecule has 0 saturated carbocycles. The summed E-state index contributed by atoms with van der Waals surface area (Å²) in [5.74, 6) is 0.0564. The smallest absolute Gasteiger partial charge is 0.250 e. The lowest BCUT2D eigenvalue weighted by Crippen LogP contribution is -2.32. The molecular formula is C24H21FN2O2S. The molecule has 0 heterocycles. The molecule has 6 heteroatoms. The van der Waals surface area contributed by atoms with Crippen molar-refractivity contribution in [1.29, 1.82) is 0 Å². The number of carbonyl (C=O) groups is 1. The van der Waals surface area contributed by atoms with Crippen LogP contribution in [-0.4, -0.2) is 17.6 Å². The number of amides is 1. The van der Waals surface area contributed by atoms with E-state index in [-0.39, 0.29) is 16.8 Å². The molecule has 1 amide bonds. The van der Waals surface area contributed by atoms with Crippen molar-refractivity contribution in [3.05, 3.63) is 102 Å². The van der Waals surface area contributed by atoms with Crippen LogP contribution >= 0.6 is 12.2 Å².